The van der Waals surface area contributed by atoms with E-state index in [1.807, 2.05) is 30.3 Å². The average Bonchev–Trinajstić information content (AvgIpc) is 2.79. The van der Waals surface area contributed by atoms with E-state index in [1.165, 1.54) is 24.9 Å². The topological polar surface area (TPSA) is 62.3 Å². The molecule has 2 heterocycles. The molecule has 1 aliphatic rings. The van der Waals surface area contributed by atoms with E-state index in [0.717, 1.165) is 35.9 Å². The lowest BCUT2D eigenvalue weighted by Gasteiger charge is -2.28. The van der Waals surface area contributed by atoms with Gasteiger partial charge in [-0.2, -0.15) is 4.98 Å². The quantitative estimate of drug-likeness (QED) is 0.603. The minimum absolute atomic E-state index is 0.575. The second-order valence-electron chi connectivity index (χ2n) is 7.15. The van der Waals surface area contributed by atoms with Gasteiger partial charge in [-0.05, 0) is 55.7 Å². The molecule has 0 spiro atoms. The van der Waals surface area contributed by atoms with E-state index in [-0.39, 0.29) is 0 Å². The molecule has 150 valence electrons. The van der Waals surface area contributed by atoms with Gasteiger partial charge in [0.1, 0.15) is 11.6 Å². The highest BCUT2D eigenvalue weighted by atomic mass is 16.5. The van der Waals surface area contributed by atoms with Crippen molar-refractivity contribution in [1.82, 2.24) is 9.97 Å². The number of benzene rings is 2. The van der Waals surface area contributed by atoms with E-state index in [0.29, 0.717) is 12.5 Å². The Hall–Kier alpha value is -3.28. The molecule has 0 unspecified atom stereocenters. The highest BCUT2D eigenvalue weighted by Gasteiger charge is 2.10. The van der Waals surface area contributed by atoms with Crippen LogP contribution >= 0.6 is 0 Å². The van der Waals surface area contributed by atoms with Gasteiger partial charge >= 0.3 is 0 Å². The molecule has 1 fully saturated rings. The molecule has 0 aliphatic carbocycles. The van der Waals surface area contributed by atoms with E-state index in [9.17, 15) is 0 Å². The molecule has 0 radical (unpaired) electrons. The Morgan fingerprint density at radius 2 is 1.76 bits per heavy atom. The van der Waals surface area contributed by atoms with Crippen molar-refractivity contribution in [2.75, 3.05) is 35.7 Å². The van der Waals surface area contributed by atoms with E-state index < -0.39 is 0 Å². The number of methoxy groups -OCH3 is 1. The molecule has 6 nitrogen and oxygen atoms in total. The summed E-state index contributed by atoms with van der Waals surface area (Å²) in [5.74, 6) is 2.18. The van der Waals surface area contributed by atoms with E-state index in [4.69, 9.17) is 4.74 Å². The van der Waals surface area contributed by atoms with Crippen LogP contribution in [0.25, 0.3) is 0 Å². The molecule has 3 aromatic rings. The van der Waals surface area contributed by atoms with E-state index in [1.54, 1.807) is 13.3 Å². The Morgan fingerprint density at radius 1 is 0.966 bits per heavy atom. The van der Waals surface area contributed by atoms with Crippen LogP contribution in [-0.2, 0) is 6.54 Å². The van der Waals surface area contributed by atoms with Crippen LogP contribution in [0.15, 0.2) is 60.8 Å². The molecule has 29 heavy (non-hydrogen) atoms. The highest BCUT2D eigenvalue weighted by Crippen LogP contribution is 2.23. The summed E-state index contributed by atoms with van der Waals surface area (Å²) >= 11 is 0. The molecule has 0 amide bonds. The van der Waals surface area contributed by atoms with Crippen molar-refractivity contribution in [2.45, 2.75) is 25.8 Å². The van der Waals surface area contributed by atoms with E-state index in [2.05, 4.69) is 49.8 Å². The van der Waals surface area contributed by atoms with Crippen molar-refractivity contribution in [1.29, 1.82) is 0 Å². The summed E-state index contributed by atoms with van der Waals surface area (Å²) in [6.07, 6.45) is 5.66. The number of anilines is 4. The number of hydrogen-bond acceptors (Lipinski definition) is 6. The fourth-order valence-electron chi connectivity index (χ4n) is 3.59. The first kappa shape index (κ1) is 19.1. The highest BCUT2D eigenvalue weighted by molar-refractivity contribution is 5.61. The Balaban J connectivity index is 1.38. The maximum absolute atomic E-state index is 5.39. The van der Waals surface area contributed by atoms with Crippen LogP contribution in [0.3, 0.4) is 0 Å². The van der Waals surface area contributed by atoms with Crippen LogP contribution in [0.2, 0.25) is 0 Å². The third kappa shape index (κ3) is 4.96. The van der Waals surface area contributed by atoms with Gasteiger partial charge in [0.05, 0.1) is 7.11 Å². The zero-order valence-corrected chi connectivity index (χ0v) is 16.8. The molecule has 1 saturated heterocycles. The van der Waals surface area contributed by atoms with Crippen LogP contribution in [0, 0.1) is 0 Å². The van der Waals surface area contributed by atoms with Gasteiger partial charge in [0.2, 0.25) is 5.95 Å². The molecular weight excluding hydrogens is 362 g/mol. The predicted octanol–water partition coefficient (Wildman–Crippen LogP) is 4.83. The molecule has 6 heteroatoms. The largest absolute Gasteiger partial charge is 0.496 e. The molecule has 1 aliphatic heterocycles. The summed E-state index contributed by atoms with van der Waals surface area (Å²) in [4.78, 5) is 11.3. The number of para-hydroxylation sites is 1. The first-order valence-electron chi connectivity index (χ1n) is 10.1. The number of nitrogens with one attached hydrogen (secondary N) is 2. The van der Waals surface area contributed by atoms with Gasteiger partial charge in [-0.15, -0.1) is 0 Å². The second-order valence-corrected chi connectivity index (χ2v) is 7.15. The number of rotatable bonds is 7. The number of aromatic nitrogens is 2. The zero-order chi connectivity index (χ0) is 19.9. The standard InChI is InChI=1S/C23H27N5O/c1-29-21-8-4-3-7-18(21)17-25-23-24-14-13-22(27-23)26-19-9-11-20(12-10-19)28-15-5-2-6-16-28/h3-4,7-14H,2,5-6,15-17H2,1H3,(H2,24,25,26,27). The van der Waals surface area contributed by atoms with Crippen LogP contribution in [0.5, 0.6) is 5.75 Å². The average molecular weight is 390 g/mol. The van der Waals surface area contributed by atoms with Crippen molar-refractivity contribution in [3.8, 4) is 5.75 Å². The molecule has 0 saturated carbocycles. The van der Waals surface area contributed by atoms with Crippen molar-refractivity contribution in [3.05, 3.63) is 66.4 Å². The van der Waals surface area contributed by atoms with Crippen LogP contribution in [0.4, 0.5) is 23.1 Å². The molecule has 2 N–H and O–H groups in total. The van der Waals surface area contributed by atoms with E-state index >= 15 is 0 Å². The summed E-state index contributed by atoms with van der Waals surface area (Å²) in [5.41, 5.74) is 3.36. The van der Waals surface area contributed by atoms with Gasteiger partial charge in [0, 0.05) is 42.8 Å². The number of nitrogens with zero attached hydrogens (tertiary/aromatic N) is 3. The van der Waals surface area contributed by atoms with Crippen molar-refractivity contribution >= 4 is 23.1 Å². The monoisotopic (exact) mass is 389 g/mol. The van der Waals surface area contributed by atoms with Crippen molar-refractivity contribution in [2.24, 2.45) is 0 Å². The molecule has 0 atom stereocenters. The maximum atomic E-state index is 5.39. The molecule has 1 aromatic heterocycles. The van der Waals surface area contributed by atoms with Crippen LogP contribution < -0.4 is 20.3 Å². The van der Waals surface area contributed by atoms with Crippen LogP contribution in [0.1, 0.15) is 24.8 Å². The normalized spacial score (nSPS) is 13.8. The lowest BCUT2D eigenvalue weighted by molar-refractivity contribution is 0.410. The lowest BCUT2D eigenvalue weighted by Crippen LogP contribution is -2.29. The first-order valence-corrected chi connectivity index (χ1v) is 10.1. The Bertz CT molecular complexity index is 923. The van der Waals surface area contributed by atoms with Gasteiger partial charge < -0.3 is 20.3 Å². The Kier molecular flexibility index (Phi) is 6.10. The SMILES string of the molecule is COc1ccccc1CNc1nccc(Nc2ccc(N3CCCCC3)cc2)n1. The third-order valence-corrected chi connectivity index (χ3v) is 5.15. The summed E-state index contributed by atoms with van der Waals surface area (Å²) in [6, 6.07) is 18.4. The fourth-order valence-corrected chi connectivity index (χ4v) is 3.59. The van der Waals surface area contributed by atoms with Crippen LogP contribution in [-0.4, -0.2) is 30.2 Å². The van der Waals surface area contributed by atoms with Gasteiger partial charge in [-0.1, -0.05) is 18.2 Å². The zero-order valence-electron chi connectivity index (χ0n) is 16.8. The maximum Gasteiger partial charge on any atom is 0.224 e. The Morgan fingerprint density at radius 3 is 2.55 bits per heavy atom. The summed E-state index contributed by atoms with van der Waals surface area (Å²) in [7, 11) is 1.68. The molecule has 0 bridgehead atoms. The summed E-state index contributed by atoms with van der Waals surface area (Å²) in [5, 5.41) is 6.63. The third-order valence-electron chi connectivity index (χ3n) is 5.15. The number of piperidine rings is 1. The molecular formula is C23H27N5O. The number of ether oxygens (including phenoxy) is 1. The number of hydrogen-bond donors (Lipinski definition) is 2. The predicted molar refractivity (Wildman–Crippen MR) is 118 cm³/mol. The minimum Gasteiger partial charge on any atom is -0.496 e. The first-order chi connectivity index (χ1) is 14.3. The van der Waals surface area contributed by atoms with Gasteiger partial charge in [-0.3, -0.25) is 0 Å². The Labute approximate surface area is 172 Å². The molecule has 2 aromatic carbocycles. The lowest BCUT2D eigenvalue weighted by atomic mass is 10.1. The fraction of sp³-hybridized carbons (Fsp3) is 0.304. The summed E-state index contributed by atoms with van der Waals surface area (Å²) < 4.78 is 5.39. The van der Waals surface area contributed by atoms with Gasteiger partial charge in [-0.25, -0.2) is 4.98 Å². The summed E-state index contributed by atoms with van der Waals surface area (Å²) in [6.45, 7) is 2.90. The minimum atomic E-state index is 0.575. The second kappa shape index (κ2) is 9.28. The van der Waals surface area contributed by atoms with Gasteiger partial charge in [0.15, 0.2) is 0 Å². The smallest absolute Gasteiger partial charge is 0.224 e. The molecule has 4 rings (SSSR count). The van der Waals surface area contributed by atoms with Crippen molar-refractivity contribution in [3.63, 3.8) is 0 Å². The van der Waals surface area contributed by atoms with Crippen molar-refractivity contribution < 1.29 is 4.74 Å². The van der Waals surface area contributed by atoms with Gasteiger partial charge in [0.25, 0.3) is 0 Å².